The quantitative estimate of drug-likeness (QED) is 0.361. The van der Waals surface area contributed by atoms with Crippen LogP contribution in [0, 0.1) is 6.92 Å². The molecule has 3 heteroatoms. The van der Waals surface area contributed by atoms with Crippen LogP contribution in [0.25, 0.3) is 0 Å². The number of hydrogen-bond donors (Lipinski definition) is 2. The Bertz CT molecular complexity index is 594. The first-order chi connectivity index (χ1) is 9.13. The lowest BCUT2D eigenvalue weighted by Crippen LogP contribution is -2.03. The lowest BCUT2D eigenvalue weighted by molar-refractivity contribution is 0.476. The van der Waals surface area contributed by atoms with Crippen molar-refractivity contribution in [3.63, 3.8) is 0 Å². The Morgan fingerprint density at radius 2 is 1.85 bits per heavy atom. The van der Waals surface area contributed by atoms with Crippen molar-refractivity contribution >= 4 is 29.7 Å². The number of hydrogen-bond acceptors (Lipinski definition) is 2. The van der Waals surface area contributed by atoms with Crippen LogP contribution in [0.1, 0.15) is 22.3 Å². The molecule has 0 saturated heterocycles. The molecule has 0 amide bonds. The van der Waals surface area contributed by atoms with E-state index in [0.717, 1.165) is 29.5 Å². The van der Waals surface area contributed by atoms with Gasteiger partial charge in [-0.1, -0.05) is 36.4 Å². The molecular formula is C17H20INO. The minimum absolute atomic E-state index is 0. The molecule has 2 aromatic carbocycles. The van der Waals surface area contributed by atoms with Gasteiger partial charge in [0.1, 0.15) is 5.75 Å². The SMILES string of the molecule is C=CCc1c(C)cc(O)c(N)c1Cc1ccccc1.I. The Labute approximate surface area is 137 Å². The van der Waals surface area contributed by atoms with Crippen LogP contribution in [0.5, 0.6) is 5.75 Å². The summed E-state index contributed by atoms with van der Waals surface area (Å²) in [6.45, 7) is 5.79. The van der Waals surface area contributed by atoms with Crippen molar-refractivity contribution in [2.24, 2.45) is 0 Å². The van der Waals surface area contributed by atoms with E-state index >= 15 is 0 Å². The number of aromatic hydroxyl groups is 1. The van der Waals surface area contributed by atoms with Gasteiger partial charge in [0.2, 0.25) is 0 Å². The third kappa shape index (κ3) is 3.54. The molecule has 0 aromatic heterocycles. The predicted molar refractivity (Wildman–Crippen MR) is 95.8 cm³/mol. The number of benzene rings is 2. The van der Waals surface area contributed by atoms with E-state index in [1.807, 2.05) is 31.2 Å². The molecule has 0 aliphatic heterocycles. The summed E-state index contributed by atoms with van der Waals surface area (Å²) in [7, 11) is 0. The van der Waals surface area contributed by atoms with Gasteiger partial charge in [0.05, 0.1) is 5.69 Å². The first kappa shape index (κ1) is 16.6. The van der Waals surface area contributed by atoms with E-state index in [0.29, 0.717) is 5.69 Å². The van der Waals surface area contributed by atoms with E-state index in [1.165, 1.54) is 5.56 Å². The molecule has 0 spiro atoms. The minimum Gasteiger partial charge on any atom is -0.506 e. The number of halogens is 1. The molecule has 106 valence electrons. The Hall–Kier alpha value is -1.49. The van der Waals surface area contributed by atoms with Crippen molar-refractivity contribution < 1.29 is 5.11 Å². The molecule has 0 radical (unpaired) electrons. The predicted octanol–water partition coefficient (Wildman–Crippen LogP) is 4.22. The van der Waals surface area contributed by atoms with Crippen molar-refractivity contribution in [2.75, 3.05) is 5.73 Å². The number of phenolic OH excluding ortho intramolecular Hbond substituents is 1. The van der Waals surface area contributed by atoms with Crippen molar-refractivity contribution in [2.45, 2.75) is 19.8 Å². The second-order valence-electron chi connectivity index (χ2n) is 4.74. The maximum atomic E-state index is 9.90. The number of nitrogens with two attached hydrogens (primary N) is 1. The van der Waals surface area contributed by atoms with Gasteiger partial charge < -0.3 is 10.8 Å². The lowest BCUT2D eigenvalue weighted by atomic mass is 9.92. The van der Waals surface area contributed by atoms with Crippen molar-refractivity contribution in [1.29, 1.82) is 0 Å². The molecule has 0 saturated carbocycles. The Morgan fingerprint density at radius 1 is 1.20 bits per heavy atom. The highest BCUT2D eigenvalue weighted by atomic mass is 127. The van der Waals surface area contributed by atoms with E-state index in [2.05, 4.69) is 18.7 Å². The zero-order valence-electron chi connectivity index (χ0n) is 11.6. The van der Waals surface area contributed by atoms with Crippen LogP contribution in [-0.4, -0.2) is 5.11 Å². The van der Waals surface area contributed by atoms with E-state index in [4.69, 9.17) is 5.73 Å². The summed E-state index contributed by atoms with van der Waals surface area (Å²) in [5, 5.41) is 9.90. The van der Waals surface area contributed by atoms with Gasteiger partial charge in [-0.25, -0.2) is 0 Å². The number of rotatable bonds is 4. The summed E-state index contributed by atoms with van der Waals surface area (Å²) in [6, 6.07) is 11.9. The van der Waals surface area contributed by atoms with Crippen molar-refractivity contribution in [3.05, 3.63) is 71.3 Å². The van der Waals surface area contributed by atoms with Crippen LogP contribution in [-0.2, 0) is 12.8 Å². The summed E-state index contributed by atoms with van der Waals surface area (Å²) in [6.07, 6.45) is 3.36. The Balaban J connectivity index is 0.00000200. The standard InChI is InChI=1S/C17H19NO.HI/c1-3-7-14-12(2)10-16(19)17(18)15(14)11-13-8-5-4-6-9-13;/h3-6,8-10,19H,1,7,11,18H2,2H3;1H. The van der Waals surface area contributed by atoms with Gasteiger partial charge in [-0.15, -0.1) is 30.6 Å². The zero-order chi connectivity index (χ0) is 13.8. The van der Waals surface area contributed by atoms with Gasteiger partial charge in [0.15, 0.2) is 0 Å². The minimum atomic E-state index is 0. The summed E-state index contributed by atoms with van der Waals surface area (Å²) in [4.78, 5) is 0. The zero-order valence-corrected chi connectivity index (χ0v) is 13.9. The van der Waals surface area contributed by atoms with Crippen LogP contribution < -0.4 is 5.73 Å². The molecule has 0 unspecified atom stereocenters. The summed E-state index contributed by atoms with van der Waals surface area (Å²) in [5.74, 6) is 0.163. The van der Waals surface area contributed by atoms with E-state index in [-0.39, 0.29) is 29.7 Å². The fourth-order valence-corrected chi connectivity index (χ4v) is 2.36. The van der Waals surface area contributed by atoms with E-state index < -0.39 is 0 Å². The van der Waals surface area contributed by atoms with Crippen LogP contribution in [0.2, 0.25) is 0 Å². The highest BCUT2D eigenvalue weighted by Gasteiger charge is 2.13. The number of nitrogen functional groups attached to an aromatic ring is 1. The number of phenols is 1. The highest BCUT2D eigenvalue weighted by molar-refractivity contribution is 14.0. The van der Waals surface area contributed by atoms with Gasteiger partial charge in [-0.3, -0.25) is 0 Å². The van der Waals surface area contributed by atoms with Crippen LogP contribution in [0.15, 0.2) is 49.1 Å². The van der Waals surface area contributed by atoms with E-state index in [1.54, 1.807) is 6.07 Å². The molecule has 0 bridgehead atoms. The normalized spacial score (nSPS) is 9.85. The third-order valence-corrected chi connectivity index (χ3v) is 3.37. The molecule has 0 aliphatic rings. The van der Waals surface area contributed by atoms with Gasteiger partial charge in [-0.2, -0.15) is 0 Å². The van der Waals surface area contributed by atoms with Gasteiger partial charge in [-0.05, 0) is 48.1 Å². The number of aryl methyl sites for hydroxylation is 1. The summed E-state index contributed by atoms with van der Waals surface area (Å²) >= 11 is 0. The average Bonchev–Trinajstić information content (AvgIpc) is 2.41. The monoisotopic (exact) mass is 381 g/mol. The molecule has 2 rings (SSSR count). The fourth-order valence-electron chi connectivity index (χ4n) is 2.36. The number of anilines is 1. The maximum Gasteiger partial charge on any atom is 0.139 e. The molecule has 0 atom stereocenters. The van der Waals surface area contributed by atoms with Crippen LogP contribution >= 0.6 is 24.0 Å². The molecule has 0 heterocycles. The number of allylic oxidation sites excluding steroid dienone is 1. The topological polar surface area (TPSA) is 46.2 Å². The van der Waals surface area contributed by atoms with Gasteiger partial charge in [0.25, 0.3) is 0 Å². The molecule has 2 nitrogen and oxygen atoms in total. The second kappa shape index (κ2) is 7.33. The second-order valence-corrected chi connectivity index (χ2v) is 4.74. The first-order valence-corrected chi connectivity index (χ1v) is 6.38. The maximum absolute atomic E-state index is 9.90. The molecule has 0 aliphatic carbocycles. The van der Waals surface area contributed by atoms with Crippen molar-refractivity contribution in [3.8, 4) is 5.75 Å². The van der Waals surface area contributed by atoms with E-state index in [9.17, 15) is 5.11 Å². The molecule has 3 N–H and O–H groups in total. The van der Waals surface area contributed by atoms with Crippen molar-refractivity contribution in [1.82, 2.24) is 0 Å². The smallest absolute Gasteiger partial charge is 0.139 e. The highest BCUT2D eigenvalue weighted by Crippen LogP contribution is 2.32. The average molecular weight is 381 g/mol. The summed E-state index contributed by atoms with van der Waals surface area (Å²) in [5.41, 5.74) is 10.9. The largest absolute Gasteiger partial charge is 0.506 e. The Morgan fingerprint density at radius 3 is 2.45 bits per heavy atom. The Kier molecular flexibility index (Phi) is 6.07. The van der Waals surface area contributed by atoms with Gasteiger partial charge >= 0.3 is 0 Å². The van der Waals surface area contributed by atoms with Gasteiger partial charge in [0, 0.05) is 0 Å². The lowest BCUT2D eigenvalue weighted by Gasteiger charge is -2.16. The third-order valence-electron chi connectivity index (χ3n) is 3.37. The molecule has 20 heavy (non-hydrogen) atoms. The van der Waals surface area contributed by atoms with Crippen LogP contribution in [0.3, 0.4) is 0 Å². The first-order valence-electron chi connectivity index (χ1n) is 6.38. The summed E-state index contributed by atoms with van der Waals surface area (Å²) < 4.78 is 0. The van der Waals surface area contributed by atoms with Crippen LogP contribution in [0.4, 0.5) is 5.69 Å². The molecule has 0 fully saturated rings. The molecule has 2 aromatic rings. The molecular weight excluding hydrogens is 361 g/mol. The fraction of sp³-hybridized carbons (Fsp3) is 0.176.